The maximum absolute atomic E-state index is 12.8. The molecule has 2 aromatic carbocycles. The van der Waals surface area contributed by atoms with Gasteiger partial charge in [0.2, 0.25) is 0 Å². The molecule has 6 nitrogen and oxygen atoms in total. The number of benzene rings is 2. The van der Waals surface area contributed by atoms with Crippen molar-refractivity contribution in [2.24, 2.45) is 5.92 Å². The number of fused-ring (bicyclic) bond motifs is 1. The van der Waals surface area contributed by atoms with Gasteiger partial charge in [0.15, 0.2) is 6.61 Å². The van der Waals surface area contributed by atoms with Crippen LogP contribution < -0.4 is 5.32 Å². The zero-order chi connectivity index (χ0) is 20.4. The van der Waals surface area contributed by atoms with Gasteiger partial charge in [-0.05, 0) is 62.1 Å². The molecule has 29 heavy (non-hydrogen) atoms. The summed E-state index contributed by atoms with van der Waals surface area (Å²) in [5, 5.41) is 13.0. The lowest BCUT2D eigenvalue weighted by Gasteiger charge is -2.13. The van der Waals surface area contributed by atoms with Crippen LogP contribution in [0.15, 0.2) is 54.6 Å². The van der Waals surface area contributed by atoms with E-state index in [4.69, 9.17) is 4.74 Å². The van der Waals surface area contributed by atoms with Crippen molar-refractivity contribution < 1.29 is 19.4 Å². The first-order valence-electron chi connectivity index (χ1n) is 9.67. The lowest BCUT2D eigenvalue weighted by molar-refractivity contribution is -0.124. The predicted octanol–water partition coefficient (Wildman–Crippen LogP) is 3.68. The van der Waals surface area contributed by atoms with Gasteiger partial charge in [-0.3, -0.25) is 4.79 Å². The molecule has 0 saturated heterocycles. The number of phenols is 1. The van der Waals surface area contributed by atoms with Gasteiger partial charge in [0.1, 0.15) is 5.75 Å². The minimum absolute atomic E-state index is 0.101. The summed E-state index contributed by atoms with van der Waals surface area (Å²) in [4.78, 5) is 29.5. The topological polar surface area (TPSA) is 88.5 Å². The van der Waals surface area contributed by atoms with E-state index >= 15 is 0 Å². The van der Waals surface area contributed by atoms with Gasteiger partial charge < -0.3 is 15.2 Å². The van der Waals surface area contributed by atoms with E-state index < -0.39 is 5.97 Å². The summed E-state index contributed by atoms with van der Waals surface area (Å²) in [6.07, 6.45) is 2.26. The maximum Gasteiger partial charge on any atom is 0.339 e. The number of esters is 1. The highest BCUT2D eigenvalue weighted by molar-refractivity contribution is 6.05. The zero-order valence-electron chi connectivity index (χ0n) is 16.1. The van der Waals surface area contributed by atoms with Crippen LogP contribution in [0.2, 0.25) is 0 Å². The fourth-order valence-corrected chi connectivity index (χ4v) is 3.34. The molecule has 1 atom stereocenters. The first-order chi connectivity index (χ1) is 14.0. The molecule has 0 radical (unpaired) electrons. The Morgan fingerprint density at radius 3 is 2.62 bits per heavy atom. The number of nitrogens with one attached hydrogen (secondary N) is 1. The van der Waals surface area contributed by atoms with Crippen molar-refractivity contribution in [1.82, 2.24) is 10.3 Å². The fraction of sp³-hybridized carbons (Fsp3) is 0.261. The molecule has 1 aliphatic rings. The van der Waals surface area contributed by atoms with Crippen LogP contribution in [-0.4, -0.2) is 34.6 Å². The summed E-state index contributed by atoms with van der Waals surface area (Å²) in [5.41, 5.74) is 2.35. The number of aromatic hydroxyl groups is 1. The molecular formula is C23H22N2O4. The predicted molar refractivity (Wildman–Crippen MR) is 109 cm³/mol. The number of nitrogens with zero attached hydrogens (tertiary/aromatic N) is 1. The number of amides is 1. The molecule has 1 saturated carbocycles. The Labute approximate surface area is 168 Å². The Morgan fingerprint density at radius 1 is 1.17 bits per heavy atom. The molecule has 0 spiro atoms. The van der Waals surface area contributed by atoms with Crippen LogP contribution in [0.25, 0.3) is 22.2 Å². The number of para-hydroxylation sites is 1. The third kappa shape index (κ3) is 4.37. The number of phenolic OH excluding ortho intramolecular Hbond substituents is 1. The van der Waals surface area contributed by atoms with Crippen molar-refractivity contribution in [3.8, 4) is 17.0 Å². The van der Waals surface area contributed by atoms with Crippen LogP contribution in [0.4, 0.5) is 0 Å². The highest BCUT2D eigenvalue weighted by Gasteiger charge is 2.29. The van der Waals surface area contributed by atoms with Crippen LogP contribution in [0.1, 0.15) is 30.1 Å². The van der Waals surface area contributed by atoms with Gasteiger partial charge in [-0.2, -0.15) is 0 Å². The molecule has 1 fully saturated rings. The third-order valence-corrected chi connectivity index (χ3v) is 5.15. The molecule has 4 rings (SSSR count). The highest BCUT2D eigenvalue weighted by atomic mass is 16.5. The Morgan fingerprint density at radius 2 is 1.90 bits per heavy atom. The first-order valence-corrected chi connectivity index (χ1v) is 9.67. The van der Waals surface area contributed by atoms with Gasteiger partial charge in [0.25, 0.3) is 5.91 Å². The van der Waals surface area contributed by atoms with Crippen molar-refractivity contribution in [2.75, 3.05) is 6.61 Å². The number of ether oxygens (including phenoxy) is 1. The van der Waals surface area contributed by atoms with Crippen LogP contribution in [-0.2, 0) is 9.53 Å². The van der Waals surface area contributed by atoms with E-state index in [1.807, 2.05) is 25.1 Å². The molecule has 0 bridgehead atoms. The summed E-state index contributed by atoms with van der Waals surface area (Å²) < 4.78 is 5.29. The number of hydrogen-bond acceptors (Lipinski definition) is 5. The monoisotopic (exact) mass is 390 g/mol. The second kappa shape index (κ2) is 7.91. The molecule has 6 heteroatoms. The minimum atomic E-state index is -0.571. The van der Waals surface area contributed by atoms with Gasteiger partial charge in [-0.1, -0.05) is 18.2 Å². The molecule has 0 aliphatic heterocycles. The number of rotatable bonds is 6. The fourth-order valence-electron chi connectivity index (χ4n) is 3.34. The smallest absolute Gasteiger partial charge is 0.339 e. The lowest BCUT2D eigenvalue weighted by Crippen LogP contribution is -2.37. The van der Waals surface area contributed by atoms with Crippen molar-refractivity contribution in [1.29, 1.82) is 0 Å². The molecule has 2 N–H and O–H groups in total. The Kier molecular flexibility index (Phi) is 5.16. The van der Waals surface area contributed by atoms with Gasteiger partial charge in [-0.15, -0.1) is 0 Å². The molecule has 0 unspecified atom stereocenters. The molecule has 3 aromatic rings. The quantitative estimate of drug-likeness (QED) is 0.627. The molecule has 148 valence electrons. The number of carbonyl (C=O) groups is 2. The van der Waals surface area contributed by atoms with Crippen molar-refractivity contribution in [2.45, 2.75) is 25.8 Å². The summed E-state index contributed by atoms with van der Waals surface area (Å²) in [6.45, 7) is 1.65. The molecule has 1 aliphatic carbocycles. The second-order valence-corrected chi connectivity index (χ2v) is 7.39. The second-order valence-electron chi connectivity index (χ2n) is 7.39. The standard InChI is InChI=1S/C23H22N2O4/c1-14(15-6-7-15)24-22(27)13-29-23(28)19-12-21(16-8-10-17(26)11-9-16)25-20-5-3-2-4-18(19)20/h2-5,8-12,14-15,26H,6-7,13H2,1H3,(H,24,27)/t14-/m1/s1. The normalized spacial score (nSPS) is 14.4. The third-order valence-electron chi connectivity index (χ3n) is 5.15. The highest BCUT2D eigenvalue weighted by Crippen LogP contribution is 2.32. The maximum atomic E-state index is 12.8. The van der Waals surface area contributed by atoms with E-state index in [-0.39, 0.29) is 24.3 Å². The number of carbonyl (C=O) groups excluding carboxylic acids is 2. The summed E-state index contributed by atoms with van der Waals surface area (Å²) >= 11 is 0. The van der Waals surface area contributed by atoms with Crippen molar-refractivity contribution in [3.05, 3.63) is 60.2 Å². The SMILES string of the molecule is C[C@@H](NC(=O)COC(=O)c1cc(-c2ccc(O)cc2)nc2ccccc12)C1CC1. The zero-order valence-corrected chi connectivity index (χ0v) is 16.1. The largest absolute Gasteiger partial charge is 0.508 e. The number of aromatic nitrogens is 1. The Balaban J connectivity index is 1.57. The summed E-state index contributed by atoms with van der Waals surface area (Å²) in [6, 6.07) is 15.6. The van der Waals surface area contributed by atoms with Crippen molar-refractivity contribution >= 4 is 22.8 Å². The molecule has 1 aromatic heterocycles. The average molecular weight is 390 g/mol. The minimum Gasteiger partial charge on any atom is -0.508 e. The van der Waals surface area contributed by atoms with Gasteiger partial charge in [0.05, 0.1) is 16.8 Å². The number of hydrogen-bond donors (Lipinski definition) is 2. The van der Waals surface area contributed by atoms with E-state index in [9.17, 15) is 14.7 Å². The van der Waals surface area contributed by atoms with Crippen LogP contribution in [0.3, 0.4) is 0 Å². The van der Waals surface area contributed by atoms with Gasteiger partial charge in [-0.25, -0.2) is 9.78 Å². The Bertz CT molecular complexity index is 1060. The van der Waals surface area contributed by atoms with Crippen LogP contribution in [0.5, 0.6) is 5.75 Å². The first kappa shape index (κ1) is 18.9. The van der Waals surface area contributed by atoms with Crippen LogP contribution in [0, 0.1) is 5.92 Å². The Hall–Kier alpha value is -3.41. The lowest BCUT2D eigenvalue weighted by atomic mass is 10.0. The van der Waals surface area contributed by atoms with Gasteiger partial charge >= 0.3 is 5.97 Å². The van der Waals surface area contributed by atoms with E-state index in [0.717, 1.165) is 18.4 Å². The molecular weight excluding hydrogens is 368 g/mol. The summed E-state index contributed by atoms with van der Waals surface area (Å²) in [5.74, 6) is -0.181. The molecule has 1 heterocycles. The van der Waals surface area contributed by atoms with Crippen LogP contribution >= 0.6 is 0 Å². The number of pyridine rings is 1. The molecule has 1 amide bonds. The van der Waals surface area contributed by atoms with E-state index in [1.54, 1.807) is 36.4 Å². The summed E-state index contributed by atoms with van der Waals surface area (Å²) in [7, 11) is 0. The van der Waals surface area contributed by atoms with Gasteiger partial charge in [0, 0.05) is 17.0 Å². The average Bonchev–Trinajstić information content (AvgIpc) is 3.57. The van der Waals surface area contributed by atoms with E-state index in [1.165, 1.54) is 0 Å². The van der Waals surface area contributed by atoms with E-state index in [2.05, 4.69) is 10.3 Å². The van der Waals surface area contributed by atoms with Crippen molar-refractivity contribution in [3.63, 3.8) is 0 Å². The van der Waals surface area contributed by atoms with E-state index in [0.29, 0.717) is 28.1 Å².